The zero-order valence-corrected chi connectivity index (χ0v) is 12.6. The minimum atomic E-state index is 0.949. The highest BCUT2D eigenvalue weighted by atomic mass is 79.9. The molecule has 0 bridgehead atoms. The maximum absolute atomic E-state index is 3.48. The van der Waals surface area contributed by atoms with Crippen LogP contribution in [0.2, 0.25) is 0 Å². The first-order chi connectivity index (χ1) is 7.65. The Balaban J connectivity index is 1.86. The van der Waals surface area contributed by atoms with Gasteiger partial charge in [-0.05, 0) is 53.5 Å². The molecule has 0 aliphatic rings. The molecule has 0 fully saturated rings. The molecular weight excluding hydrogens is 302 g/mol. The predicted octanol–water partition coefficient (Wildman–Crippen LogP) is 4.48. The molecule has 2 rings (SSSR count). The highest BCUT2D eigenvalue weighted by Crippen LogP contribution is 2.23. The fourth-order valence-corrected chi connectivity index (χ4v) is 4.03. The Labute approximate surface area is 113 Å². The Morgan fingerprint density at radius 2 is 2.00 bits per heavy atom. The quantitative estimate of drug-likeness (QED) is 0.877. The van der Waals surface area contributed by atoms with Gasteiger partial charge in [-0.1, -0.05) is 0 Å². The Morgan fingerprint density at radius 1 is 1.19 bits per heavy atom. The molecule has 0 atom stereocenters. The van der Waals surface area contributed by atoms with Gasteiger partial charge < -0.3 is 5.32 Å². The fraction of sp³-hybridized carbons (Fsp3) is 0.333. The topological polar surface area (TPSA) is 12.0 Å². The zero-order valence-electron chi connectivity index (χ0n) is 9.34. The molecule has 1 nitrogen and oxygen atoms in total. The largest absolute Gasteiger partial charge is 0.308 e. The van der Waals surface area contributed by atoms with E-state index in [1.165, 1.54) is 24.0 Å². The first-order valence-electron chi connectivity index (χ1n) is 5.16. The number of hydrogen-bond acceptors (Lipinski definition) is 3. The van der Waals surface area contributed by atoms with Gasteiger partial charge in [-0.15, -0.1) is 22.7 Å². The smallest absolute Gasteiger partial charge is 0.0701 e. The molecule has 0 aliphatic carbocycles. The van der Waals surface area contributed by atoms with Crippen molar-refractivity contribution in [1.82, 2.24) is 5.32 Å². The molecule has 4 heteroatoms. The third-order valence-electron chi connectivity index (χ3n) is 2.39. The van der Waals surface area contributed by atoms with Crippen molar-refractivity contribution in [2.45, 2.75) is 26.9 Å². The number of halogens is 1. The van der Waals surface area contributed by atoms with Gasteiger partial charge in [0.1, 0.15) is 0 Å². The van der Waals surface area contributed by atoms with Crippen LogP contribution in [-0.2, 0) is 13.1 Å². The van der Waals surface area contributed by atoms with Crippen LogP contribution in [0.4, 0.5) is 0 Å². The van der Waals surface area contributed by atoms with Gasteiger partial charge in [0.25, 0.3) is 0 Å². The number of thiophene rings is 2. The lowest BCUT2D eigenvalue weighted by Gasteiger charge is -2.02. The van der Waals surface area contributed by atoms with Crippen molar-refractivity contribution in [3.05, 3.63) is 42.2 Å². The minimum Gasteiger partial charge on any atom is -0.308 e. The average Bonchev–Trinajstić information content (AvgIpc) is 2.74. The van der Waals surface area contributed by atoms with E-state index in [0.29, 0.717) is 0 Å². The van der Waals surface area contributed by atoms with Crippen molar-refractivity contribution in [2.75, 3.05) is 0 Å². The summed E-state index contributed by atoms with van der Waals surface area (Å²) in [5.74, 6) is 0. The van der Waals surface area contributed by atoms with E-state index in [9.17, 15) is 0 Å². The third-order valence-corrected chi connectivity index (χ3v) is 5.02. The lowest BCUT2D eigenvalue weighted by atomic mass is 10.2. The number of rotatable bonds is 4. The Hall–Kier alpha value is -0.160. The summed E-state index contributed by atoms with van der Waals surface area (Å²) < 4.78 is 1.20. The Bertz CT molecular complexity index is 473. The lowest BCUT2D eigenvalue weighted by Crippen LogP contribution is -2.11. The van der Waals surface area contributed by atoms with Crippen LogP contribution < -0.4 is 5.32 Å². The Morgan fingerprint density at radius 3 is 2.56 bits per heavy atom. The average molecular weight is 316 g/mol. The molecule has 2 aromatic rings. The summed E-state index contributed by atoms with van der Waals surface area (Å²) in [6.45, 7) is 6.27. The molecule has 2 aromatic heterocycles. The maximum Gasteiger partial charge on any atom is 0.0701 e. The van der Waals surface area contributed by atoms with Gasteiger partial charge in [-0.2, -0.15) is 0 Å². The Kier molecular flexibility index (Phi) is 4.19. The summed E-state index contributed by atoms with van der Waals surface area (Å²) in [6.07, 6.45) is 0. The second-order valence-corrected chi connectivity index (χ2v) is 7.76. The molecular formula is C12H14BrNS2. The van der Waals surface area contributed by atoms with Gasteiger partial charge >= 0.3 is 0 Å². The second-order valence-electron chi connectivity index (χ2n) is 3.75. The van der Waals surface area contributed by atoms with Gasteiger partial charge in [0, 0.05) is 27.7 Å². The van der Waals surface area contributed by atoms with E-state index in [4.69, 9.17) is 0 Å². The predicted molar refractivity (Wildman–Crippen MR) is 76.4 cm³/mol. The van der Waals surface area contributed by atoms with E-state index in [0.717, 1.165) is 13.1 Å². The molecule has 0 spiro atoms. The molecule has 1 N–H and O–H groups in total. The third kappa shape index (κ3) is 3.17. The normalized spacial score (nSPS) is 10.9. The van der Waals surface area contributed by atoms with Crippen molar-refractivity contribution in [2.24, 2.45) is 0 Å². The van der Waals surface area contributed by atoms with E-state index >= 15 is 0 Å². The van der Waals surface area contributed by atoms with Gasteiger partial charge in [-0.3, -0.25) is 0 Å². The van der Waals surface area contributed by atoms with Crippen molar-refractivity contribution in [3.8, 4) is 0 Å². The van der Waals surface area contributed by atoms with Gasteiger partial charge in [0.05, 0.1) is 3.79 Å². The standard InChI is InChI=1S/C12H14BrNS2/c1-8-5-10(9(2)15-8)6-14-7-11-3-4-12(13)16-11/h3-5,14H,6-7H2,1-2H3. The molecule has 0 aromatic carbocycles. The number of aryl methyl sites for hydroxylation is 2. The van der Waals surface area contributed by atoms with E-state index < -0.39 is 0 Å². The van der Waals surface area contributed by atoms with E-state index in [2.05, 4.69) is 53.3 Å². The van der Waals surface area contributed by atoms with E-state index in [1.807, 2.05) is 11.3 Å². The highest BCUT2D eigenvalue weighted by molar-refractivity contribution is 9.11. The van der Waals surface area contributed by atoms with Crippen LogP contribution >= 0.6 is 38.6 Å². The summed E-state index contributed by atoms with van der Waals surface area (Å²) in [6, 6.07) is 6.53. The SMILES string of the molecule is Cc1cc(CNCc2ccc(Br)s2)c(C)s1. The monoisotopic (exact) mass is 315 g/mol. The summed E-state index contributed by atoms with van der Waals surface area (Å²) in [4.78, 5) is 4.20. The van der Waals surface area contributed by atoms with Gasteiger partial charge in [0.15, 0.2) is 0 Å². The van der Waals surface area contributed by atoms with Crippen molar-refractivity contribution in [3.63, 3.8) is 0 Å². The fourth-order valence-electron chi connectivity index (χ4n) is 1.63. The highest BCUT2D eigenvalue weighted by Gasteiger charge is 2.02. The number of nitrogens with one attached hydrogen (secondary N) is 1. The first-order valence-corrected chi connectivity index (χ1v) is 7.58. The zero-order chi connectivity index (χ0) is 11.5. The first kappa shape index (κ1) is 12.3. The molecule has 0 saturated carbocycles. The van der Waals surface area contributed by atoms with Crippen molar-refractivity contribution in [1.29, 1.82) is 0 Å². The summed E-state index contributed by atoms with van der Waals surface area (Å²) in [5.41, 5.74) is 1.43. The van der Waals surface area contributed by atoms with Gasteiger partial charge in [0.2, 0.25) is 0 Å². The lowest BCUT2D eigenvalue weighted by molar-refractivity contribution is 0.700. The number of hydrogen-bond donors (Lipinski definition) is 1. The molecule has 16 heavy (non-hydrogen) atoms. The summed E-state index contributed by atoms with van der Waals surface area (Å²) in [7, 11) is 0. The minimum absolute atomic E-state index is 0.949. The van der Waals surface area contributed by atoms with Crippen LogP contribution in [0.15, 0.2) is 22.0 Å². The van der Waals surface area contributed by atoms with Crippen LogP contribution in [0.5, 0.6) is 0 Å². The maximum atomic E-state index is 3.48. The van der Waals surface area contributed by atoms with Gasteiger partial charge in [-0.25, -0.2) is 0 Å². The van der Waals surface area contributed by atoms with Crippen LogP contribution in [0.25, 0.3) is 0 Å². The van der Waals surface area contributed by atoms with Crippen LogP contribution in [0.1, 0.15) is 20.2 Å². The molecule has 0 aliphatic heterocycles. The van der Waals surface area contributed by atoms with Crippen molar-refractivity contribution < 1.29 is 0 Å². The van der Waals surface area contributed by atoms with E-state index in [-0.39, 0.29) is 0 Å². The molecule has 0 radical (unpaired) electrons. The van der Waals surface area contributed by atoms with Crippen molar-refractivity contribution >= 4 is 38.6 Å². The van der Waals surface area contributed by atoms with Crippen LogP contribution in [0, 0.1) is 13.8 Å². The molecule has 0 amide bonds. The second kappa shape index (κ2) is 5.45. The van der Waals surface area contributed by atoms with E-state index in [1.54, 1.807) is 11.3 Å². The van der Waals surface area contributed by atoms with Crippen LogP contribution in [-0.4, -0.2) is 0 Å². The van der Waals surface area contributed by atoms with Crippen LogP contribution in [0.3, 0.4) is 0 Å². The molecule has 0 saturated heterocycles. The molecule has 86 valence electrons. The molecule has 2 heterocycles. The molecule has 0 unspecified atom stereocenters. The summed E-state index contributed by atoms with van der Waals surface area (Å²) >= 11 is 7.14. The summed E-state index contributed by atoms with van der Waals surface area (Å²) in [5, 5.41) is 3.48.